The van der Waals surface area contributed by atoms with E-state index in [1.165, 1.54) is 0 Å². The molecule has 0 spiro atoms. The molecule has 0 amide bonds. The molecule has 0 rings (SSSR count). The number of rotatable bonds is 6. The molecule has 0 aromatic carbocycles. The van der Waals surface area contributed by atoms with E-state index in [0.29, 0.717) is 0 Å². The van der Waals surface area contributed by atoms with Crippen LogP contribution in [-0.4, -0.2) is 25.4 Å². The summed E-state index contributed by atoms with van der Waals surface area (Å²) in [6.45, 7) is 1.66. The van der Waals surface area contributed by atoms with Crippen LogP contribution in [0.15, 0.2) is 4.99 Å². The van der Waals surface area contributed by atoms with Crippen LogP contribution >= 0.6 is 12.2 Å². The summed E-state index contributed by atoms with van der Waals surface area (Å²) in [5.74, 6) is 0. The Labute approximate surface area is 67.3 Å². The van der Waals surface area contributed by atoms with Crippen LogP contribution in [0, 0.1) is 0 Å². The van der Waals surface area contributed by atoms with Crippen LogP contribution in [0.25, 0.3) is 0 Å². The summed E-state index contributed by atoms with van der Waals surface area (Å²) in [6, 6.07) is 0. The second-order valence-electron chi connectivity index (χ2n) is 2.03. The summed E-state index contributed by atoms with van der Waals surface area (Å²) in [5.41, 5.74) is 0. The van der Waals surface area contributed by atoms with E-state index in [9.17, 15) is 0 Å². The predicted molar refractivity (Wildman–Crippen MR) is 45.6 cm³/mol. The highest BCUT2D eigenvalue weighted by Gasteiger charge is 1.85. The highest BCUT2D eigenvalue weighted by Crippen LogP contribution is 1.94. The summed E-state index contributed by atoms with van der Waals surface area (Å²) in [7, 11) is 1.72. The number of ether oxygens (including phenoxy) is 1. The zero-order valence-corrected chi connectivity index (χ0v) is 7.12. The number of nitrogens with zero attached hydrogens (tertiary/aromatic N) is 1. The first kappa shape index (κ1) is 9.76. The molecular formula is C7H13NOS. The van der Waals surface area contributed by atoms with E-state index >= 15 is 0 Å². The summed E-state index contributed by atoms with van der Waals surface area (Å²) in [5, 5.41) is 2.34. The van der Waals surface area contributed by atoms with Crippen LogP contribution in [0.1, 0.15) is 19.3 Å². The smallest absolute Gasteiger partial charge is 0.0584 e. The van der Waals surface area contributed by atoms with Gasteiger partial charge in [0.15, 0.2) is 0 Å². The largest absolute Gasteiger partial charge is 0.385 e. The minimum atomic E-state index is 0.813. The molecule has 58 valence electrons. The van der Waals surface area contributed by atoms with Gasteiger partial charge < -0.3 is 4.74 Å². The predicted octanol–water partition coefficient (Wildman–Crippen LogP) is 1.91. The number of methoxy groups -OCH3 is 1. The van der Waals surface area contributed by atoms with Crippen molar-refractivity contribution < 1.29 is 4.74 Å². The molecule has 0 saturated heterocycles. The van der Waals surface area contributed by atoms with Gasteiger partial charge in [-0.1, -0.05) is 0 Å². The van der Waals surface area contributed by atoms with Gasteiger partial charge in [-0.3, -0.25) is 0 Å². The molecule has 0 aliphatic rings. The lowest BCUT2D eigenvalue weighted by Crippen LogP contribution is -1.89. The molecule has 0 atom stereocenters. The first-order valence-electron chi connectivity index (χ1n) is 3.44. The first-order valence-corrected chi connectivity index (χ1v) is 3.85. The summed E-state index contributed by atoms with van der Waals surface area (Å²) in [6.07, 6.45) is 3.37. The van der Waals surface area contributed by atoms with Crippen LogP contribution in [0.5, 0.6) is 0 Å². The Morgan fingerprint density at radius 1 is 1.40 bits per heavy atom. The zero-order chi connectivity index (χ0) is 7.66. The van der Waals surface area contributed by atoms with Crippen molar-refractivity contribution in [2.24, 2.45) is 4.99 Å². The lowest BCUT2D eigenvalue weighted by atomic mass is 10.2. The average Bonchev–Trinajstić information content (AvgIpc) is 1.97. The fourth-order valence-electron chi connectivity index (χ4n) is 0.660. The highest BCUT2D eigenvalue weighted by atomic mass is 32.1. The van der Waals surface area contributed by atoms with Crippen LogP contribution in [0.3, 0.4) is 0 Å². The standard InChI is InChI=1S/C7H13NOS/c1-9-6-4-2-3-5-8-7-10/h2-6H2,1H3. The zero-order valence-electron chi connectivity index (χ0n) is 6.30. The van der Waals surface area contributed by atoms with E-state index in [0.717, 1.165) is 32.4 Å². The molecule has 0 radical (unpaired) electrons. The van der Waals surface area contributed by atoms with Crippen LogP contribution in [-0.2, 0) is 4.74 Å². The third-order valence-corrected chi connectivity index (χ3v) is 1.31. The van der Waals surface area contributed by atoms with Gasteiger partial charge in [0.2, 0.25) is 0 Å². The summed E-state index contributed by atoms with van der Waals surface area (Å²) < 4.78 is 4.88. The lowest BCUT2D eigenvalue weighted by Gasteiger charge is -1.95. The van der Waals surface area contributed by atoms with E-state index in [-0.39, 0.29) is 0 Å². The number of thiocarbonyl (C=S) groups is 1. The Balaban J connectivity index is 2.83. The molecule has 2 nitrogen and oxygen atoms in total. The molecule has 0 aliphatic heterocycles. The quantitative estimate of drug-likeness (QED) is 0.335. The Morgan fingerprint density at radius 3 is 2.80 bits per heavy atom. The van der Waals surface area contributed by atoms with Gasteiger partial charge >= 0.3 is 0 Å². The van der Waals surface area contributed by atoms with Gasteiger partial charge in [0, 0.05) is 20.3 Å². The number of hydrogen-bond acceptors (Lipinski definition) is 3. The van der Waals surface area contributed by atoms with Gasteiger partial charge in [-0.25, -0.2) is 4.99 Å². The van der Waals surface area contributed by atoms with E-state index in [4.69, 9.17) is 4.74 Å². The normalized spacial score (nSPS) is 8.90. The molecule has 10 heavy (non-hydrogen) atoms. The van der Waals surface area contributed by atoms with Gasteiger partial charge in [0.1, 0.15) is 0 Å². The second kappa shape index (κ2) is 8.76. The minimum Gasteiger partial charge on any atom is -0.385 e. The van der Waals surface area contributed by atoms with E-state index in [1.807, 2.05) is 0 Å². The third-order valence-electron chi connectivity index (χ3n) is 1.18. The van der Waals surface area contributed by atoms with Gasteiger partial charge in [0.25, 0.3) is 0 Å². The number of isothiocyanates is 1. The van der Waals surface area contributed by atoms with Crippen LogP contribution in [0.4, 0.5) is 0 Å². The van der Waals surface area contributed by atoms with E-state index in [1.54, 1.807) is 7.11 Å². The molecular weight excluding hydrogens is 146 g/mol. The van der Waals surface area contributed by atoms with Gasteiger partial charge in [-0.15, -0.1) is 0 Å². The summed E-state index contributed by atoms with van der Waals surface area (Å²) in [4.78, 5) is 3.79. The number of hydrogen-bond donors (Lipinski definition) is 0. The Bertz CT molecular complexity index is 110. The van der Waals surface area contributed by atoms with Gasteiger partial charge in [-0.2, -0.15) is 0 Å². The van der Waals surface area contributed by atoms with Crippen molar-refractivity contribution in [2.45, 2.75) is 19.3 Å². The molecule has 0 unspecified atom stereocenters. The Morgan fingerprint density at radius 2 is 2.20 bits per heavy atom. The molecule has 0 saturated carbocycles. The lowest BCUT2D eigenvalue weighted by molar-refractivity contribution is 0.192. The van der Waals surface area contributed by atoms with E-state index in [2.05, 4.69) is 22.4 Å². The minimum absolute atomic E-state index is 0.813. The molecule has 0 N–H and O–H groups in total. The van der Waals surface area contributed by atoms with Crippen molar-refractivity contribution in [3.63, 3.8) is 0 Å². The van der Waals surface area contributed by atoms with Crippen molar-refractivity contribution >= 4 is 17.4 Å². The Kier molecular flexibility index (Phi) is 8.55. The van der Waals surface area contributed by atoms with Crippen molar-refractivity contribution in [1.82, 2.24) is 0 Å². The molecule has 0 aromatic rings. The maximum atomic E-state index is 4.88. The molecule has 3 heteroatoms. The van der Waals surface area contributed by atoms with Crippen molar-refractivity contribution in [1.29, 1.82) is 0 Å². The second-order valence-corrected chi connectivity index (χ2v) is 2.21. The molecule has 0 bridgehead atoms. The topological polar surface area (TPSA) is 21.6 Å². The number of unbranched alkanes of at least 4 members (excludes halogenated alkanes) is 2. The molecule has 0 aromatic heterocycles. The molecule has 0 fully saturated rings. The van der Waals surface area contributed by atoms with Gasteiger partial charge in [0.05, 0.1) is 5.16 Å². The SMILES string of the molecule is COCCCCCN=C=S. The maximum Gasteiger partial charge on any atom is 0.0584 e. The monoisotopic (exact) mass is 159 g/mol. The van der Waals surface area contributed by atoms with Gasteiger partial charge in [-0.05, 0) is 31.5 Å². The number of aliphatic imine (C=N–C) groups is 1. The van der Waals surface area contributed by atoms with Crippen LogP contribution < -0.4 is 0 Å². The third kappa shape index (κ3) is 7.76. The maximum absolute atomic E-state index is 4.88. The average molecular weight is 159 g/mol. The van der Waals surface area contributed by atoms with E-state index < -0.39 is 0 Å². The molecule has 0 aliphatic carbocycles. The highest BCUT2D eigenvalue weighted by molar-refractivity contribution is 7.78. The summed E-state index contributed by atoms with van der Waals surface area (Å²) >= 11 is 4.41. The van der Waals surface area contributed by atoms with Crippen LogP contribution in [0.2, 0.25) is 0 Å². The fraction of sp³-hybridized carbons (Fsp3) is 0.857. The Hall–Kier alpha value is -0.240. The first-order chi connectivity index (χ1) is 4.91. The van der Waals surface area contributed by atoms with Crippen molar-refractivity contribution in [3.05, 3.63) is 0 Å². The molecule has 0 heterocycles. The van der Waals surface area contributed by atoms with Crippen molar-refractivity contribution in [3.8, 4) is 0 Å². The van der Waals surface area contributed by atoms with Crippen molar-refractivity contribution in [2.75, 3.05) is 20.3 Å². The fourth-order valence-corrected chi connectivity index (χ4v) is 0.751.